The van der Waals surface area contributed by atoms with Crippen LogP contribution in [0.3, 0.4) is 0 Å². The second-order valence-corrected chi connectivity index (χ2v) is 5.78. The molecule has 4 heteroatoms. The normalized spacial score (nSPS) is 42.2. The first-order valence-electron chi connectivity index (χ1n) is 6.45. The number of guanidine groups is 1. The molecule has 3 atom stereocenters. The van der Waals surface area contributed by atoms with Crippen LogP contribution in [0.5, 0.6) is 0 Å². The van der Waals surface area contributed by atoms with Gasteiger partial charge in [-0.1, -0.05) is 0 Å². The molecule has 4 nitrogen and oxygen atoms in total. The third-order valence-corrected chi connectivity index (χ3v) is 4.65. The van der Waals surface area contributed by atoms with E-state index in [9.17, 15) is 0 Å². The predicted octanol–water partition coefficient (Wildman–Crippen LogP) is 0.490. The Balaban J connectivity index is 1.92. The van der Waals surface area contributed by atoms with E-state index in [0.717, 1.165) is 18.4 Å². The molecule has 3 aliphatic rings. The van der Waals surface area contributed by atoms with Gasteiger partial charge in [-0.05, 0) is 39.2 Å². The summed E-state index contributed by atoms with van der Waals surface area (Å²) in [7, 11) is 0. The Morgan fingerprint density at radius 2 is 2.25 bits per heavy atom. The number of fused-ring (bicyclic) bond motifs is 3. The largest absolute Gasteiger partial charge is 0.370 e. The maximum atomic E-state index is 6.08. The van der Waals surface area contributed by atoms with Gasteiger partial charge in [-0.2, -0.15) is 0 Å². The van der Waals surface area contributed by atoms with Crippen LogP contribution in [-0.2, 0) is 0 Å². The van der Waals surface area contributed by atoms with Gasteiger partial charge in [0.15, 0.2) is 5.96 Å². The van der Waals surface area contributed by atoms with Crippen molar-refractivity contribution in [3.63, 3.8) is 0 Å². The molecule has 2 N–H and O–H groups in total. The third kappa shape index (κ3) is 1.22. The number of nitrogens with two attached hydrogens (primary N) is 1. The molecular formula is C12H22N4. The molecule has 3 rings (SSSR count). The van der Waals surface area contributed by atoms with Gasteiger partial charge in [0.05, 0.1) is 12.1 Å². The topological polar surface area (TPSA) is 44.9 Å². The fourth-order valence-electron chi connectivity index (χ4n) is 3.93. The van der Waals surface area contributed by atoms with E-state index in [1.54, 1.807) is 0 Å². The monoisotopic (exact) mass is 222 g/mol. The summed E-state index contributed by atoms with van der Waals surface area (Å²) >= 11 is 0. The third-order valence-electron chi connectivity index (χ3n) is 4.65. The fraction of sp³-hybridized carbons (Fsp3) is 0.917. The van der Waals surface area contributed by atoms with Crippen LogP contribution in [0.15, 0.2) is 4.99 Å². The first-order chi connectivity index (χ1) is 7.63. The summed E-state index contributed by atoms with van der Waals surface area (Å²) in [5.74, 6) is 1.55. The van der Waals surface area contributed by atoms with Crippen LogP contribution in [0.25, 0.3) is 0 Å². The van der Waals surface area contributed by atoms with E-state index < -0.39 is 0 Å². The van der Waals surface area contributed by atoms with Gasteiger partial charge in [-0.3, -0.25) is 4.99 Å². The van der Waals surface area contributed by atoms with Crippen molar-refractivity contribution in [2.45, 2.75) is 38.3 Å². The lowest BCUT2D eigenvalue weighted by Gasteiger charge is -2.48. The van der Waals surface area contributed by atoms with Gasteiger partial charge < -0.3 is 15.5 Å². The summed E-state index contributed by atoms with van der Waals surface area (Å²) in [6.07, 6.45) is 2.56. The Kier molecular flexibility index (Phi) is 2.18. The molecule has 0 amide bonds. The van der Waals surface area contributed by atoms with Crippen molar-refractivity contribution in [3.05, 3.63) is 0 Å². The van der Waals surface area contributed by atoms with E-state index in [2.05, 4.69) is 28.6 Å². The number of rotatable bonds is 1. The van der Waals surface area contributed by atoms with E-state index in [0.29, 0.717) is 6.04 Å². The van der Waals surface area contributed by atoms with Gasteiger partial charge in [0, 0.05) is 19.1 Å². The average Bonchev–Trinajstić information content (AvgIpc) is 2.76. The number of piperidine rings is 1. The van der Waals surface area contributed by atoms with Gasteiger partial charge in [-0.15, -0.1) is 0 Å². The molecule has 3 unspecified atom stereocenters. The highest BCUT2D eigenvalue weighted by atomic mass is 15.4. The molecule has 16 heavy (non-hydrogen) atoms. The smallest absolute Gasteiger partial charge is 0.192 e. The minimum Gasteiger partial charge on any atom is -0.370 e. The number of aliphatic imine (C=N–C) groups is 1. The Morgan fingerprint density at radius 1 is 1.44 bits per heavy atom. The Morgan fingerprint density at radius 3 is 3.00 bits per heavy atom. The van der Waals surface area contributed by atoms with E-state index in [-0.39, 0.29) is 5.54 Å². The molecule has 3 heterocycles. The summed E-state index contributed by atoms with van der Waals surface area (Å²) < 4.78 is 0. The minimum absolute atomic E-state index is 0.255. The first kappa shape index (κ1) is 10.4. The van der Waals surface area contributed by atoms with Gasteiger partial charge in [0.2, 0.25) is 0 Å². The lowest BCUT2D eigenvalue weighted by atomic mass is 9.77. The summed E-state index contributed by atoms with van der Waals surface area (Å²) in [4.78, 5) is 9.52. The molecule has 0 aromatic carbocycles. The second-order valence-electron chi connectivity index (χ2n) is 5.78. The highest BCUT2D eigenvalue weighted by Crippen LogP contribution is 2.43. The van der Waals surface area contributed by atoms with Crippen LogP contribution in [0.2, 0.25) is 0 Å². The van der Waals surface area contributed by atoms with Crippen LogP contribution in [0.1, 0.15) is 26.7 Å². The van der Waals surface area contributed by atoms with Crippen LogP contribution in [0, 0.1) is 5.92 Å². The molecule has 0 radical (unpaired) electrons. The molecule has 3 aliphatic heterocycles. The summed E-state index contributed by atoms with van der Waals surface area (Å²) in [6, 6.07) is 0.471. The van der Waals surface area contributed by atoms with Crippen molar-refractivity contribution in [3.8, 4) is 0 Å². The molecule has 1 spiro atoms. The number of nitrogens with zero attached hydrogens (tertiary/aromatic N) is 3. The average molecular weight is 222 g/mol. The zero-order valence-electron chi connectivity index (χ0n) is 10.3. The van der Waals surface area contributed by atoms with E-state index in [1.165, 1.54) is 32.5 Å². The molecule has 0 saturated carbocycles. The molecule has 2 fully saturated rings. The highest BCUT2D eigenvalue weighted by molar-refractivity contribution is 5.81. The van der Waals surface area contributed by atoms with Crippen LogP contribution in [0.4, 0.5) is 0 Å². The highest BCUT2D eigenvalue weighted by Gasteiger charge is 2.53. The lowest BCUT2D eigenvalue weighted by Crippen LogP contribution is -2.61. The molecule has 2 bridgehead atoms. The molecule has 90 valence electrons. The number of hydrogen-bond acceptors (Lipinski definition) is 4. The Hall–Kier alpha value is -0.770. The van der Waals surface area contributed by atoms with Crippen molar-refractivity contribution in [2.75, 3.05) is 26.2 Å². The van der Waals surface area contributed by atoms with Gasteiger partial charge in [0.1, 0.15) is 0 Å². The predicted molar refractivity (Wildman–Crippen MR) is 65.4 cm³/mol. The van der Waals surface area contributed by atoms with E-state index in [1.807, 2.05) is 0 Å². The maximum absolute atomic E-state index is 6.08. The minimum atomic E-state index is 0.255. The second kappa shape index (κ2) is 3.36. The SMILES string of the molecule is CC(C)N1C(N)=NCC12CCN1CCC2C1. The molecule has 2 saturated heterocycles. The van der Waals surface area contributed by atoms with Gasteiger partial charge >= 0.3 is 0 Å². The number of hydrogen-bond donors (Lipinski definition) is 1. The van der Waals surface area contributed by atoms with Crippen molar-refractivity contribution in [2.24, 2.45) is 16.6 Å². The van der Waals surface area contributed by atoms with E-state index in [4.69, 9.17) is 5.73 Å². The van der Waals surface area contributed by atoms with Gasteiger partial charge in [-0.25, -0.2) is 0 Å². The summed E-state index contributed by atoms with van der Waals surface area (Å²) in [6.45, 7) is 9.15. The molecule has 0 aromatic heterocycles. The van der Waals surface area contributed by atoms with Crippen molar-refractivity contribution in [1.82, 2.24) is 9.80 Å². The quantitative estimate of drug-likeness (QED) is 0.702. The van der Waals surface area contributed by atoms with E-state index >= 15 is 0 Å². The Labute approximate surface area is 97.5 Å². The molecule has 0 aromatic rings. The van der Waals surface area contributed by atoms with Gasteiger partial charge in [0.25, 0.3) is 0 Å². The lowest BCUT2D eigenvalue weighted by molar-refractivity contribution is 0.0534. The van der Waals surface area contributed by atoms with Crippen molar-refractivity contribution >= 4 is 5.96 Å². The summed E-state index contributed by atoms with van der Waals surface area (Å²) in [5.41, 5.74) is 6.33. The fourth-order valence-corrected chi connectivity index (χ4v) is 3.93. The zero-order chi connectivity index (χ0) is 11.3. The first-order valence-corrected chi connectivity index (χ1v) is 6.45. The molecule has 0 aliphatic carbocycles. The van der Waals surface area contributed by atoms with Crippen LogP contribution < -0.4 is 5.73 Å². The van der Waals surface area contributed by atoms with Crippen molar-refractivity contribution in [1.29, 1.82) is 0 Å². The summed E-state index contributed by atoms with van der Waals surface area (Å²) in [5, 5.41) is 0. The Bertz CT molecular complexity index is 325. The van der Waals surface area contributed by atoms with Crippen molar-refractivity contribution < 1.29 is 0 Å². The zero-order valence-corrected chi connectivity index (χ0v) is 10.3. The van der Waals surface area contributed by atoms with Crippen LogP contribution in [-0.4, -0.2) is 53.5 Å². The standard InChI is InChI=1S/C12H22N4/c1-9(2)16-11(13)14-8-12(16)4-6-15-5-3-10(12)7-15/h9-10H,3-8H2,1-2H3,(H2,13,14). The maximum Gasteiger partial charge on any atom is 0.192 e. The van der Waals surface area contributed by atoms with Crippen LogP contribution >= 0.6 is 0 Å². The molecular weight excluding hydrogens is 200 g/mol.